The van der Waals surface area contributed by atoms with E-state index >= 15 is 0 Å². The Balaban J connectivity index is 0.000000544. The van der Waals surface area contributed by atoms with Crippen molar-refractivity contribution < 1.29 is 42.2 Å². The van der Waals surface area contributed by atoms with E-state index in [1.807, 2.05) is 13.0 Å². The molecule has 0 aromatic heterocycles. The first kappa shape index (κ1) is 28.1. The second kappa shape index (κ2) is 14.2. The number of allylic oxidation sites excluding steroid dienone is 1. The van der Waals surface area contributed by atoms with Gasteiger partial charge in [-0.2, -0.15) is 0 Å². The molecule has 0 aliphatic rings. The largest absolute Gasteiger partial charge is 0.699 e. The maximum absolute atomic E-state index is 7.47. The standard InChI is InChI=1S/C12H18NO.C11H14N3O.Y/c1-8(2)11-6-10(7-13)9(3)5-12(11)14-4;1-14-7-8(6-12)10-4-3-9(13)5-11(10)15-2;/h5-6,8,13H,7H2,1-4H3;3-7,13H,12H2,1-2H3;/q2*-1;/b;8-6+,14-7?;. The zero-order chi connectivity index (χ0) is 22.0. The van der Waals surface area contributed by atoms with E-state index in [-0.39, 0.29) is 32.7 Å². The Morgan fingerprint density at radius 3 is 2.23 bits per heavy atom. The molecule has 2 aromatic rings. The molecule has 0 aliphatic carbocycles. The van der Waals surface area contributed by atoms with Crippen molar-refractivity contribution in [2.24, 2.45) is 10.7 Å². The van der Waals surface area contributed by atoms with E-state index in [9.17, 15) is 0 Å². The summed E-state index contributed by atoms with van der Waals surface area (Å²) >= 11 is 0. The number of nitrogens with two attached hydrogens (primary N) is 1. The van der Waals surface area contributed by atoms with Crippen LogP contribution in [0.25, 0.3) is 17.0 Å². The zero-order valence-corrected chi connectivity index (χ0v) is 21.6. The van der Waals surface area contributed by atoms with E-state index in [1.54, 1.807) is 45.7 Å². The number of rotatable bonds is 6. The number of benzene rings is 2. The van der Waals surface area contributed by atoms with Crippen LogP contribution in [0.15, 0.2) is 41.5 Å². The first-order chi connectivity index (χ1) is 13.8. The first-order valence-corrected chi connectivity index (χ1v) is 9.38. The maximum atomic E-state index is 7.47. The molecule has 2 aromatic carbocycles. The molecule has 0 saturated carbocycles. The monoisotopic (exact) mass is 485 g/mol. The minimum absolute atomic E-state index is 0. The molecule has 161 valence electrons. The summed E-state index contributed by atoms with van der Waals surface area (Å²) in [5.41, 5.74) is 25.8. The van der Waals surface area contributed by atoms with Crippen LogP contribution in [-0.2, 0) is 39.3 Å². The van der Waals surface area contributed by atoms with Gasteiger partial charge in [-0.05, 0) is 36.1 Å². The fourth-order valence-corrected chi connectivity index (χ4v) is 2.83. The second-order valence-electron chi connectivity index (χ2n) is 6.78. The van der Waals surface area contributed by atoms with E-state index in [0.29, 0.717) is 23.9 Å². The number of methoxy groups -OCH3 is 2. The summed E-state index contributed by atoms with van der Waals surface area (Å²) in [7, 11) is 4.94. The summed E-state index contributed by atoms with van der Waals surface area (Å²) in [4.78, 5) is 3.91. The van der Waals surface area contributed by atoms with Crippen molar-refractivity contribution in [3.8, 4) is 11.5 Å². The average Bonchev–Trinajstić information content (AvgIpc) is 2.72. The second-order valence-corrected chi connectivity index (χ2v) is 6.78. The fraction of sp³-hybridized carbons (Fsp3) is 0.348. The van der Waals surface area contributed by atoms with Crippen molar-refractivity contribution >= 4 is 17.5 Å². The van der Waals surface area contributed by atoms with Crippen LogP contribution in [0.5, 0.6) is 11.5 Å². The van der Waals surface area contributed by atoms with Crippen LogP contribution >= 0.6 is 0 Å². The van der Waals surface area contributed by atoms with Gasteiger partial charge in [-0.15, -0.1) is 12.2 Å². The third-order valence-corrected chi connectivity index (χ3v) is 4.46. The summed E-state index contributed by atoms with van der Waals surface area (Å²) in [5.74, 6) is 2.00. The quantitative estimate of drug-likeness (QED) is 0.503. The van der Waals surface area contributed by atoms with Crippen molar-refractivity contribution in [2.75, 3.05) is 21.3 Å². The number of aryl methyl sites for hydroxylation is 1. The predicted octanol–water partition coefficient (Wildman–Crippen LogP) is 6.06. The molecule has 0 heterocycles. The summed E-state index contributed by atoms with van der Waals surface area (Å²) in [6.45, 7) is 6.65. The van der Waals surface area contributed by atoms with Gasteiger partial charge in [0.05, 0.1) is 14.2 Å². The molecule has 0 spiro atoms. The minimum atomic E-state index is 0. The third-order valence-electron chi connectivity index (χ3n) is 4.46. The normalized spacial score (nSPS) is 11.0. The van der Waals surface area contributed by atoms with Gasteiger partial charge in [0.25, 0.3) is 0 Å². The van der Waals surface area contributed by atoms with Gasteiger partial charge in [0.15, 0.2) is 0 Å². The summed E-state index contributed by atoms with van der Waals surface area (Å²) in [6, 6.07) is 9.24. The number of nitrogens with zero attached hydrogens (tertiary/aromatic N) is 1. The average molecular weight is 485 g/mol. The van der Waals surface area contributed by atoms with Crippen LogP contribution in [0, 0.1) is 6.92 Å². The SMILES string of the molecule is CN=C/C(=C\N)c1ccc([NH-])cc1OC.COc1cc(C)c(C[NH-])cc1C(C)C.[Y]. The number of aliphatic imine (C=N–C) groups is 1. The first-order valence-electron chi connectivity index (χ1n) is 9.38. The fourth-order valence-electron chi connectivity index (χ4n) is 2.83. The van der Waals surface area contributed by atoms with Crippen molar-refractivity contribution in [3.05, 3.63) is 70.3 Å². The Bertz CT molecular complexity index is 865. The Labute approximate surface area is 205 Å². The Hall–Kier alpha value is -1.89. The van der Waals surface area contributed by atoms with Gasteiger partial charge in [0.1, 0.15) is 11.5 Å². The molecule has 7 heteroatoms. The molecule has 0 aliphatic heterocycles. The van der Waals surface area contributed by atoms with Gasteiger partial charge < -0.3 is 26.7 Å². The number of ether oxygens (including phenoxy) is 2. The van der Waals surface area contributed by atoms with Crippen molar-refractivity contribution in [1.82, 2.24) is 0 Å². The van der Waals surface area contributed by atoms with E-state index in [2.05, 4.69) is 24.9 Å². The minimum Gasteiger partial charge on any atom is -0.699 e. The van der Waals surface area contributed by atoms with Crippen LogP contribution in [0.1, 0.15) is 42.0 Å². The maximum Gasteiger partial charge on any atom is 0.125 e. The number of hydrogen-bond acceptors (Lipinski definition) is 4. The smallest absolute Gasteiger partial charge is 0.125 e. The zero-order valence-electron chi connectivity index (χ0n) is 18.7. The van der Waals surface area contributed by atoms with Crippen molar-refractivity contribution in [3.63, 3.8) is 0 Å². The molecular formula is C23H32N4O2Y-2. The van der Waals surface area contributed by atoms with E-state index in [4.69, 9.17) is 26.7 Å². The van der Waals surface area contributed by atoms with E-state index in [1.165, 1.54) is 11.8 Å². The van der Waals surface area contributed by atoms with Gasteiger partial charge in [0, 0.05) is 63.3 Å². The number of hydrogen-bond donors (Lipinski definition) is 1. The van der Waals surface area contributed by atoms with E-state index < -0.39 is 0 Å². The van der Waals surface area contributed by atoms with Gasteiger partial charge in [-0.25, -0.2) is 0 Å². The van der Waals surface area contributed by atoms with Crippen LogP contribution in [-0.4, -0.2) is 27.5 Å². The number of nitrogens with one attached hydrogen (secondary N) is 2. The van der Waals surface area contributed by atoms with Gasteiger partial charge in [0.2, 0.25) is 0 Å². The van der Waals surface area contributed by atoms with Gasteiger partial charge in [-0.1, -0.05) is 37.6 Å². The van der Waals surface area contributed by atoms with Gasteiger partial charge >= 0.3 is 0 Å². The topological polar surface area (TPSA) is 104 Å². The molecule has 0 saturated heterocycles. The molecule has 0 fully saturated rings. The molecule has 6 nitrogen and oxygen atoms in total. The summed E-state index contributed by atoms with van der Waals surface area (Å²) < 4.78 is 10.5. The van der Waals surface area contributed by atoms with Gasteiger partial charge in [-0.3, -0.25) is 4.99 Å². The summed E-state index contributed by atoms with van der Waals surface area (Å²) in [6.07, 6.45) is 3.12. The Kier molecular flexibility index (Phi) is 13.3. The molecular weight excluding hydrogens is 453 g/mol. The predicted molar refractivity (Wildman–Crippen MR) is 123 cm³/mol. The van der Waals surface area contributed by atoms with Crippen LogP contribution < -0.4 is 15.2 Å². The van der Waals surface area contributed by atoms with E-state index in [0.717, 1.165) is 28.0 Å². The summed E-state index contributed by atoms with van der Waals surface area (Å²) in [5, 5.41) is 0. The van der Waals surface area contributed by atoms with Crippen molar-refractivity contribution in [2.45, 2.75) is 33.2 Å². The molecule has 0 amide bonds. The Morgan fingerprint density at radius 2 is 1.77 bits per heavy atom. The molecule has 2 rings (SSSR count). The molecule has 1 radical (unpaired) electrons. The third kappa shape index (κ3) is 7.75. The van der Waals surface area contributed by atoms with Crippen LogP contribution in [0.3, 0.4) is 0 Å². The molecule has 0 unspecified atom stereocenters. The Morgan fingerprint density at radius 1 is 1.13 bits per heavy atom. The molecule has 30 heavy (non-hydrogen) atoms. The van der Waals surface area contributed by atoms with Crippen LogP contribution in [0.4, 0.5) is 5.69 Å². The molecule has 0 atom stereocenters. The molecule has 0 bridgehead atoms. The molecule has 4 N–H and O–H groups in total. The van der Waals surface area contributed by atoms with Crippen molar-refractivity contribution in [1.29, 1.82) is 0 Å². The van der Waals surface area contributed by atoms with Crippen LogP contribution in [0.2, 0.25) is 0 Å².